The number of anilines is 1. The molecule has 1 aromatic carbocycles. The largest absolute Gasteiger partial charge is 0.439 e. The molecule has 3 rings (SSSR count). The number of hydrogen-bond donors (Lipinski definition) is 2. The van der Waals surface area contributed by atoms with Crippen LogP contribution in [-0.2, 0) is 0 Å². The fourth-order valence-electron chi connectivity index (χ4n) is 2.15. The standard InChI is InChI=1S/C17H16FN3O2S/c18-12-3-5-13(6-4-12)23-16-7-9-19-17(21-16)20-14(8-10-22)15-2-1-11-24-15/h1-7,9,11,14,22H,8,10H2,(H,19,20,21). The van der Waals surface area contributed by atoms with Crippen molar-refractivity contribution in [3.8, 4) is 11.6 Å². The smallest absolute Gasteiger partial charge is 0.226 e. The minimum absolute atomic E-state index is 0.0569. The summed E-state index contributed by atoms with van der Waals surface area (Å²) in [4.78, 5) is 9.59. The first-order chi connectivity index (χ1) is 11.7. The molecule has 0 aliphatic carbocycles. The Morgan fingerprint density at radius 2 is 2.04 bits per heavy atom. The van der Waals surface area contributed by atoms with Crippen molar-refractivity contribution in [1.82, 2.24) is 9.97 Å². The van der Waals surface area contributed by atoms with E-state index < -0.39 is 0 Å². The molecule has 0 spiro atoms. The Hall–Kier alpha value is -2.51. The lowest BCUT2D eigenvalue weighted by Crippen LogP contribution is -2.13. The number of aliphatic hydroxyl groups is 1. The van der Waals surface area contributed by atoms with Gasteiger partial charge < -0.3 is 15.2 Å². The highest BCUT2D eigenvalue weighted by Crippen LogP contribution is 2.26. The van der Waals surface area contributed by atoms with Crippen LogP contribution in [0.5, 0.6) is 11.6 Å². The molecule has 5 nitrogen and oxygen atoms in total. The predicted molar refractivity (Wildman–Crippen MR) is 90.9 cm³/mol. The molecular weight excluding hydrogens is 329 g/mol. The van der Waals surface area contributed by atoms with Gasteiger partial charge in [-0.1, -0.05) is 6.07 Å². The molecule has 1 atom stereocenters. The first kappa shape index (κ1) is 16.4. The Labute approximate surface area is 142 Å². The third-order valence-electron chi connectivity index (χ3n) is 3.27. The van der Waals surface area contributed by atoms with E-state index >= 15 is 0 Å². The van der Waals surface area contributed by atoms with E-state index in [2.05, 4.69) is 15.3 Å². The van der Waals surface area contributed by atoms with Gasteiger partial charge in [0.1, 0.15) is 11.6 Å². The summed E-state index contributed by atoms with van der Waals surface area (Å²) in [5, 5.41) is 14.4. The van der Waals surface area contributed by atoms with Gasteiger partial charge in [-0.3, -0.25) is 0 Å². The molecule has 0 aliphatic heterocycles. The van der Waals surface area contributed by atoms with Gasteiger partial charge in [-0.15, -0.1) is 11.3 Å². The summed E-state index contributed by atoms with van der Waals surface area (Å²) in [5.41, 5.74) is 0. The van der Waals surface area contributed by atoms with Crippen LogP contribution in [0.4, 0.5) is 10.3 Å². The fourth-order valence-corrected chi connectivity index (χ4v) is 2.96. The van der Waals surface area contributed by atoms with Crippen LogP contribution in [0.25, 0.3) is 0 Å². The summed E-state index contributed by atoms with van der Waals surface area (Å²) in [5.74, 6) is 0.927. The molecule has 0 amide bonds. The molecule has 0 radical (unpaired) electrons. The Kier molecular flexibility index (Phi) is 5.35. The van der Waals surface area contributed by atoms with Gasteiger partial charge in [-0.2, -0.15) is 4.98 Å². The molecule has 124 valence electrons. The number of thiophene rings is 1. The Bertz CT molecular complexity index is 766. The van der Waals surface area contributed by atoms with Crippen LogP contribution in [0.15, 0.2) is 54.0 Å². The van der Waals surface area contributed by atoms with E-state index in [4.69, 9.17) is 4.74 Å². The molecule has 24 heavy (non-hydrogen) atoms. The Balaban J connectivity index is 1.73. The zero-order valence-corrected chi connectivity index (χ0v) is 13.5. The molecule has 2 heterocycles. The lowest BCUT2D eigenvalue weighted by molar-refractivity contribution is 0.280. The van der Waals surface area contributed by atoms with Gasteiger partial charge >= 0.3 is 0 Å². The van der Waals surface area contributed by atoms with Crippen LogP contribution in [0, 0.1) is 5.82 Å². The highest BCUT2D eigenvalue weighted by Gasteiger charge is 2.14. The van der Waals surface area contributed by atoms with Crippen molar-refractivity contribution in [2.45, 2.75) is 12.5 Å². The highest BCUT2D eigenvalue weighted by molar-refractivity contribution is 7.10. The van der Waals surface area contributed by atoms with Gasteiger partial charge in [0.25, 0.3) is 0 Å². The summed E-state index contributed by atoms with van der Waals surface area (Å²) in [6, 6.07) is 11.2. The second-order valence-electron chi connectivity index (χ2n) is 5.00. The topological polar surface area (TPSA) is 67.3 Å². The van der Waals surface area contributed by atoms with Crippen molar-refractivity contribution in [2.75, 3.05) is 11.9 Å². The number of ether oxygens (including phenoxy) is 1. The molecule has 0 aliphatic rings. The van der Waals surface area contributed by atoms with Crippen LogP contribution >= 0.6 is 11.3 Å². The first-order valence-electron chi connectivity index (χ1n) is 7.42. The number of benzene rings is 1. The average Bonchev–Trinajstić information content (AvgIpc) is 3.11. The number of aliphatic hydroxyl groups excluding tert-OH is 1. The number of rotatable bonds is 7. The van der Waals surface area contributed by atoms with Gasteiger partial charge in [0.15, 0.2) is 0 Å². The summed E-state index contributed by atoms with van der Waals surface area (Å²) in [7, 11) is 0. The lowest BCUT2D eigenvalue weighted by atomic mass is 10.2. The molecule has 0 saturated heterocycles. The van der Waals surface area contributed by atoms with Gasteiger partial charge in [-0.05, 0) is 42.1 Å². The molecule has 0 saturated carbocycles. The van der Waals surface area contributed by atoms with Crippen LogP contribution in [0.3, 0.4) is 0 Å². The summed E-state index contributed by atoms with van der Waals surface area (Å²) in [6.07, 6.45) is 2.13. The monoisotopic (exact) mass is 345 g/mol. The number of aromatic nitrogens is 2. The van der Waals surface area contributed by atoms with E-state index in [1.165, 1.54) is 24.3 Å². The highest BCUT2D eigenvalue weighted by atomic mass is 32.1. The normalized spacial score (nSPS) is 11.9. The maximum atomic E-state index is 12.9. The molecule has 3 aromatic rings. The van der Waals surface area contributed by atoms with Crippen molar-refractivity contribution >= 4 is 17.3 Å². The van der Waals surface area contributed by atoms with Gasteiger partial charge in [-0.25, -0.2) is 9.37 Å². The maximum Gasteiger partial charge on any atom is 0.226 e. The van der Waals surface area contributed by atoms with Crippen LogP contribution in [0.1, 0.15) is 17.3 Å². The second-order valence-corrected chi connectivity index (χ2v) is 5.98. The number of nitrogens with zero attached hydrogens (tertiary/aromatic N) is 2. The third kappa shape index (κ3) is 4.27. The number of hydrogen-bond acceptors (Lipinski definition) is 6. The summed E-state index contributed by atoms with van der Waals surface area (Å²) < 4.78 is 18.5. The van der Waals surface area contributed by atoms with Gasteiger partial charge in [0.2, 0.25) is 11.8 Å². The predicted octanol–water partition coefficient (Wildman–Crippen LogP) is 4.01. The molecule has 0 fully saturated rings. The van der Waals surface area contributed by atoms with Crippen molar-refractivity contribution in [3.05, 3.63) is 64.7 Å². The molecule has 2 aromatic heterocycles. The number of halogens is 1. The second kappa shape index (κ2) is 7.85. The van der Waals surface area contributed by atoms with E-state index in [-0.39, 0.29) is 18.5 Å². The zero-order chi connectivity index (χ0) is 16.8. The Morgan fingerprint density at radius 1 is 1.21 bits per heavy atom. The minimum Gasteiger partial charge on any atom is -0.439 e. The van der Waals surface area contributed by atoms with Crippen LogP contribution in [0.2, 0.25) is 0 Å². The van der Waals surface area contributed by atoms with Crippen molar-refractivity contribution in [3.63, 3.8) is 0 Å². The maximum absolute atomic E-state index is 12.9. The third-order valence-corrected chi connectivity index (χ3v) is 4.26. The molecule has 7 heteroatoms. The average molecular weight is 345 g/mol. The SMILES string of the molecule is OCCC(Nc1nccc(Oc2ccc(F)cc2)n1)c1cccs1. The van der Waals surface area contributed by atoms with Crippen molar-refractivity contribution in [2.24, 2.45) is 0 Å². The van der Waals surface area contributed by atoms with Crippen molar-refractivity contribution in [1.29, 1.82) is 0 Å². The van der Waals surface area contributed by atoms with Gasteiger partial charge in [0.05, 0.1) is 6.04 Å². The minimum atomic E-state index is -0.324. The van der Waals surface area contributed by atoms with E-state index in [1.54, 1.807) is 23.6 Å². The molecule has 1 unspecified atom stereocenters. The first-order valence-corrected chi connectivity index (χ1v) is 8.30. The van der Waals surface area contributed by atoms with E-state index in [0.717, 1.165) is 4.88 Å². The molecule has 0 bridgehead atoms. The summed E-state index contributed by atoms with van der Waals surface area (Å²) in [6.45, 7) is 0.0569. The molecular formula is C17H16FN3O2S. The van der Waals surface area contributed by atoms with Crippen LogP contribution < -0.4 is 10.1 Å². The van der Waals surface area contributed by atoms with E-state index in [9.17, 15) is 9.50 Å². The number of nitrogens with one attached hydrogen (secondary N) is 1. The quantitative estimate of drug-likeness (QED) is 0.677. The van der Waals surface area contributed by atoms with Crippen LogP contribution in [-0.4, -0.2) is 21.7 Å². The fraction of sp³-hybridized carbons (Fsp3) is 0.176. The molecule has 2 N–H and O–H groups in total. The Morgan fingerprint density at radius 3 is 2.75 bits per heavy atom. The zero-order valence-electron chi connectivity index (χ0n) is 12.7. The summed E-state index contributed by atoms with van der Waals surface area (Å²) >= 11 is 1.60. The van der Waals surface area contributed by atoms with Crippen molar-refractivity contribution < 1.29 is 14.2 Å². The van der Waals surface area contributed by atoms with Gasteiger partial charge in [0, 0.05) is 23.7 Å². The van der Waals surface area contributed by atoms with E-state index in [1.807, 2.05) is 17.5 Å². The lowest BCUT2D eigenvalue weighted by Gasteiger charge is -2.16. The van der Waals surface area contributed by atoms with E-state index in [0.29, 0.717) is 24.0 Å².